The Hall–Kier alpha value is -3.58. The maximum atomic E-state index is 12.8. The Morgan fingerprint density at radius 1 is 0.938 bits per heavy atom. The number of ether oxygens (including phenoxy) is 2. The highest BCUT2D eigenvalue weighted by atomic mass is 32.2. The van der Waals surface area contributed by atoms with Crippen LogP contribution in [-0.2, 0) is 6.42 Å². The lowest BCUT2D eigenvalue weighted by Crippen LogP contribution is -2.02. The molecule has 0 atom stereocenters. The summed E-state index contributed by atoms with van der Waals surface area (Å²) in [6, 6.07) is 19.6. The molecule has 0 saturated carbocycles. The Labute approximate surface area is 189 Å². The Morgan fingerprint density at radius 3 is 2.47 bits per heavy atom. The molecule has 0 unspecified atom stereocenters. The summed E-state index contributed by atoms with van der Waals surface area (Å²) in [5.41, 5.74) is 6.28. The van der Waals surface area contributed by atoms with Crippen LogP contribution >= 0.6 is 11.8 Å². The minimum Gasteiger partial charge on any atom is -0.497 e. The molecule has 3 aromatic carbocycles. The van der Waals surface area contributed by atoms with Crippen molar-refractivity contribution < 1.29 is 18.7 Å². The monoisotopic (exact) mass is 444 g/mol. The minimum absolute atomic E-state index is 0.0185. The smallest absolute Gasteiger partial charge is 0.277 e. The zero-order valence-corrected chi connectivity index (χ0v) is 18.4. The second-order valence-electron chi connectivity index (χ2n) is 7.39. The molecule has 5 rings (SSSR count). The molecule has 0 radical (unpaired) electrons. The number of hydrogen-bond acceptors (Lipinski definition) is 7. The molecular formula is C25H20N2O4S. The third-order valence-electron chi connectivity index (χ3n) is 5.45. The van der Waals surface area contributed by atoms with Crippen molar-refractivity contribution in [3.8, 4) is 34.1 Å². The van der Waals surface area contributed by atoms with E-state index in [9.17, 15) is 4.79 Å². The second kappa shape index (κ2) is 8.51. The van der Waals surface area contributed by atoms with Gasteiger partial charge in [-0.15, -0.1) is 10.2 Å². The molecule has 0 amide bonds. The van der Waals surface area contributed by atoms with Crippen LogP contribution in [0.5, 0.6) is 11.5 Å². The first-order chi connectivity index (χ1) is 15.6. The van der Waals surface area contributed by atoms with Crippen molar-refractivity contribution in [2.75, 3.05) is 20.0 Å². The van der Waals surface area contributed by atoms with E-state index in [-0.39, 0.29) is 11.5 Å². The summed E-state index contributed by atoms with van der Waals surface area (Å²) in [6.45, 7) is 0. The van der Waals surface area contributed by atoms with Crippen LogP contribution in [0, 0.1) is 0 Å². The van der Waals surface area contributed by atoms with Crippen LogP contribution in [0.25, 0.3) is 22.6 Å². The third kappa shape index (κ3) is 3.87. The summed E-state index contributed by atoms with van der Waals surface area (Å²) in [5, 5.41) is 8.50. The predicted molar refractivity (Wildman–Crippen MR) is 123 cm³/mol. The van der Waals surface area contributed by atoms with Gasteiger partial charge in [-0.3, -0.25) is 4.79 Å². The van der Waals surface area contributed by atoms with E-state index in [1.807, 2.05) is 30.3 Å². The molecule has 4 aromatic rings. The van der Waals surface area contributed by atoms with Gasteiger partial charge in [0.25, 0.3) is 5.22 Å². The molecule has 0 saturated heterocycles. The van der Waals surface area contributed by atoms with Crippen molar-refractivity contribution in [3.05, 3.63) is 77.4 Å². The largest absolute Gasteiger partial charge is 0.497 e. The van der Waals surface area contributed by atoms with Crippen molar-refractivity contribution in [1.29, 1.82) is 0 Å². The van der Waals surface area contributed by atoms with Gasteiger partial charge in [0, 0.05) is 17.2 Å². The molecule has 1 aliphatic rings. The van der Waals surface area contributed by atoms with E-state index in [2.05, 4.69) is 22.3 Å². The van der Waals surface area contributed by atoms with Crippen LogP contribution in [0.3, 0.4) is 0 Å². The number of benzene rings is 3. The van der Waals surface area contributed by atoms with Gasteiger partial charge in [0.15, 0.2) is 5.78 Å². The van der Waals surface area contributed by atoms with E-state index in [1.165, 1.54) is 28.5 Å². The normalized spacial score (nSPS) is 11.7. The lowest BCUT2D eigenvalue weighted by atomic mass is 10.0. The zero-order chi connectivity index (χ0) is 22.1. The van der Waals surface area contributed by atoms with Crippen LogP contribution in [0.2, 0.25) is 0 Å². The van der Waals surface area contributed by atoms with Gasteiger partial charge >= 0.3 is 0 Å². The average molecular weight is 445 g/mol. The van der Waals surface area contributed by atoms with Gasteiger partial charge in [-0.2, -0.15) is 0 Å². The van der Waals surface area contributed by atoms with Gasteiger partial charge in [0.05, 0.1) is 20.0 Å². The predicted octanol–water partition coefficient (Wildman–Crippen LogP) is 5.30. The van der Waals surface area contributed by atoms with Crippen LogP contribution in [0.1, 0.15) is 21.5 Å². The lowest BCUT2D eigenvalue weighted by molar-refractivity contribution is 0.102. The van der Waals surface area contributed by atoms with Crippen LogP contribution in [0.15, 0.2) is 70.3 Å². The second-order valence-corrected chi connectivity index (χ2v) is 8.32. The first-order valence-electron chi connectivity index (χ1n) is 10.1. The SMILES string of the molecule is COc1cc(OC)cc(-c2nnc(SCC(=O)c3ccc4c(c3)-c3ccccc3C4)o2)c1. The van der Waals surface area contributed by atoms with E-state index >= 15 is 0 Å². The molecule has 0 spiro atoms. The Balaban J connectivity index is 1.30. The highest BCUT2D eigenvalue weighted by Gasteiger charge is 2.20. The number of methoxy groups -OCH3 is 2. The van der Waals surface area contributed by atoms with Gasteiger partial charge in [0.1, 0.15) is 11.5 Å². The molecule has 32 heavy (non-hydrogen) atoms. The molecular weight excluding hydrogens is 424 g/mol. The van der Waals surface area contributed by atoms with Crippen molar-refractivity contribution in [1.82, 2.24) is 10.2 Å². The number of carbonyl (C=O) groups excluding carboxylic acids is 1. The summed E-state index contributed by atoms with van der Waals surface area (Å²) in [4.78, 5) is 12.8. The molecule has 6 nitrogen and oxygen atoms in total. The van der Waals surface area contributed by atoms with Gasteiger partial charge in [0.2, 0.25) is 5.89 Å². The van der Waals surface area contributed by atoms with Crippen LogP contribution in [-0.4, -0.2) is 36.0 Å². The number of nitrogens with zero attached hydrogens (tertiary/aromatic N) is 2. The molecule has 7 heteroatoms. The molecule has 0 aliphatic heterocycles. The number of Topliss-reactive ketones (excluding diaryl/α,β-unsaturated/α-hetero) is 1. The fourth-order valence-corrected chi connectivity index (χ4v) is 4.48. The molecule has 1 aliphatic carbocycles. The van der Waals surface area contributed by atoms with Gasteiger partial charge in [-0.25, -0.2) is 0 Å². The number of aromatic nitrogens is 2. The zero-order valence-electron chi connectivity index (χ0n) is 17.6. The molecule has 160 valence electrons. The maximum Gasteiger partial charge on any atom is 0.277 e. The number of fused-ring (bicyclic) bond motifs is 3. The fraction of sp³-hybridized carbons (Fsp3) is 0.160. The van der Waals surface area contributed by atoms with E-state index in [0.29, 0.717) is 33.7 Å². The number of rotatable bonds is 7. The highest BCUT2D eigenvalue weighted by molar-refractivity contribution is 7.99. The summed E-state index contributed by atoms with van der Waals surface area (Å²) in [7, 11) is 3.16. The average Bonchev–Trinajstić information content (AvgIpc) is 3.46. The van der Waals surface area contributed by atoms with E-state index in [0.717, 1.165) is 12.0 Å². The minimum atomic E-state index is 0.0185. The van der Waals surface area contributed by atoms with Crippen molar-refractivity contribution in [3.63, 3.8) is 0 Å². The lowest BCUT2D eigenvalue weighted by Gasteiger charge is -2.05. The summed E-state index contributed by atoms with van der Waals surface area (Å²) in [5.74, 6) is 1.82. The number of carbonyl (C=O) groups is 1. The Bertz CT molecular complexity index is 1290. The molecule has 0 fully saturated rings. The quantitative estimate of drug-likeness (QED) is 0.249. The van der Waals surface area contributed by atoms with Gasteiger partial charge in [-0.05, 0) is 46.9 Å². The number of ketones is 1. The summed E-state index contributed by atoms with van der Waals surface area (Å²) < 4.78 is 16.3. The third-order valence-corrected chi connectivity index (χ3v) is 6.27. The number of hydrogen-bond donors (Lipinski definition) is 0. The molecule has 0 bridgehead atoms. The van der Waals surface area contributed by atoms with Crippen molar-refractivity contribution in [2.45, 2.75) is 11.6 Å². The summed E-state index contributed by atoms with van der Waals surface area (Å²) >= 11 is 1.23. The fourth-order valence-electron chi connectivity index (χ4n) is 3.82. The van der Waals surface area contributed by atoms with Crippen LogP contribution < -0.4 is 9.47 Å². The van der Waals surface area contributed by atoms with Crippen LogP contribution in [0.4, 0.5) is 0 Å². The Kier molecular flexibility index (Phi) is 5.41. The maximum absolute atomic E-state index is 12.8. The first-order valence-corrected chi connectivity index (χ1v) is 11.1. The van der Waals surface area contributed by atoms with E-state index < -0.39 is 0 Å². The van der Waals surface area contributed by atoms with Crippen molar-refractivity contribution in [2.24, 2.45) is 0 Å². The first kappa shape index (κ1) is 20.3. The standard InChI is InChI=1S/C25H20N2O4S/c1-29-19-10-18(11-20(13-19)30-2)24-26-27-25(31-24)32-14-23(28)17-8-7-16-9-15-5-3-4-6-21(15)22(16)12-17/h3-8,10-13H,9,14H2,1-2H3. The summed E-state index contributed by atoms with van der Waals surface area (Å²) in [6.07, 6.45) is 0.911. The highest BCUT2D eigenvalue weighted by Crippen LogP contribution is 2.37. The number of thioether (sulfide) groups is 1. The van der Waals surface area contributed by atoms with Gasteiger partial charge in [-0.1, -0.05) is 48.2 Å². The van der Waals surface area contributed by atoms with E-state index in [4.69, 9.17) is 13.9 Å². The molecule has 1 aromatic heterocycles. The van der Waals surface area contributed by atoms with Crippen molar-refractivity contribution >= 4 is 17.5 Å². The van der Waals surface area contributed by atoms with E-state index in [1.54, 1.807) is 32.4 Å². The molecule has 1 heterocycles. The molecule has 0 N–H and O–H groups in total. The Morgan fingerprint density at radius 2 is 1.69 bits per heavy atom. The topological polar surface area (TPSA) is 74.5 Å². The van der Waals surface area contributed by atoms with Gasteiger partial charge < -0.3 is 13.9 Å².